The van der Waals surface area contributed by atoms with E-state index < -0.39 is 6.17 Å². The number of aliphatic imine (C=N–C) groups is 3. The van der Waals surface area contributed by atoms with Crippen LogP contribution in [0, 0.1) is 0 Å². The van der Waals surface area contributed by atoms with Crippen LogP contribution in [0.3, 0.4) is 0 Å². The number of hydrogen-bond acceptors (Lipinski definition) is 6. The third-order valence-electron chi connectivity index (χ3n) is 7.65. The number of nitrogens with one attached hydrogen (secondary N) is 1. The summed E-state index contributed by atoms with van der Waals surface area (Å²) in [6, 6.07) is 27.1. The first-order valence-corrected chi connectivity index (χ1v) is 14.0. The molecule has 3 aliphatic rings. The first kappa shape index (κ1) is 26.1. The SMILES string of the molecule is Clc1ccc2c(c1)C1=NC2Nc2[n-]c(c3ccccc23)/N=C2\N=C(N=c3[n-]c(c4ccccc34)=N1)c1ccc(Cl)cc12.[Cu+2]. The van der Waals surface area contributed by atoms with Gasteiger partial charge in [-0.2, -0.15) is 0 Å². The fourth-order valence-electron chi connectivity index (χ4n) is 5.71. The Morgan fingerprint density at radius 1 is 0.581 bits per heavy atom. The number of rotatable bonds is 0. The minimum Gasteiger partial charge on any atom is -0.416 e. The Kier molecular flexibility index (Phi) is 5.93. The number of anilines is 1. The van der Waals surface area contributed by atoms with Gasteiger partial charge < -0.3 is 30.3 Å². The van der Waals surface area contributed by atoms with Crippen molar-refractivity contribution in [3.8, 4) is 0 Å². The molecular weight excluding hydrogens is 631 g/mol. The van der Waals surface area contributed by atoms with E-state index >= 15 is 0 Å². The summed E-state index contributed by atoms with van der Waals surface area (Å²) < 4.78 is 0. The molecule has 3 aliphatic heterocycles. The summed E-state index contributed by atoms with van der Waals surface area (Å²) in [5, 5.41) is 8.24. The van der Waals surface area contributed by atoms with Crippen LogP contribution in [0.5, 0.6) is 0 Å². The van der Waals surface area contributed by atoms with Crippen LogP contribution >= 0.6 is 23.2 Å². The van der Waals surface area contributed by atoms with Crippen molar-refractivity contribution in [1.82, 2.24) is 9.97 Å². The van der Waals surface area contributed by atoms with Crippen LogP contribution in [0.4, 0.5) is 11.6 Å². The Bertz CT molecular complexity index is 2380. The summed E-state index contributed by atoms with van der Waals surface area (Å²) in [5.74, 6) is 2.70. The van der Waals surface area contributed by atoms with Crippen molar-refractivity contribution in [3.63, 3.8) is 0 Å². The van der Waals surface area contributed by atoms with Gasteiger partial charge in [-0.25, -0.2) is 4.99 Å². The van der Waals surface area contributed by atoms with Crippen molar-refractivity contribution in [2.75, 3.05) is 5.32 Å². The molecule has 11 heteroatoms. The molecule has 1 atom stereocenters. The van der Waals surface area contributed by atoms with E-state index in [2.05, 4.69) is 5.32 Å². The fraction of sp³-hybridized carbons (Fsp3) is 0.0312. The molecule has 0 saturated heterocycles. The maximum atomic E-state index is 6.44. The molecule has 8 nitrogen and oxygen atoms in total. The van der Waals surface area contributed by atoms with E-state index in [0.29, 0.717) is 50.2 Å². The van der Waals surface area contributed by atoms with E-state index in [1.807, 2.05) is 84.9 Å². The molecule has 5 heterocycles. The van der Waals surface area contributed by atoms with Crippen LogP contribution in [0.1, 0.15) is 28.4 Å². The molecule has 0 saturated carbocycles. The van der Waals surface area contributed by atoms with Crippen molar-refractivity contribution < 1.29 is 17.1 Å². The molecule has 1 N–H and O–H groups in total. The number of nitrogens with zero attached hydrogens (tertiary/aromatic N) is 7. The second-order valence-electron chi connectivity index (χ2n) is 10.1. The van der Waals surface area contributed by atoms with Crippen LogP contribution in [0.2, 0.25) is 10.0 Å². The van der Waals surface area contributed by atoms with Gasteiger partial charge in [-0.3, -0.25) is 4.99 Å². The first-order chi connectivity index (χ1) is 20.6. The molecule has 0 amide bonds. The minimum atomic E-state index is -0.441. The molecule has 0 fully saturated rings. The van der Waals surface area contributed by atoms with Crippen LogP contribution < -0.4 is 26.3 Å². The predicted molar refractivity (Wildman–Crippen MR) is 165 cm³/mol. The summed E-state index contributed by atoms with van der Waals surface area (Å²) in [6.45, 7) is 0. The molecule has 8 bridgehead atoms. The molecule has 6 aromatic rings. The van der Waals surface area contributed by atoms with E-state index in [-0.39, 0.29) is 17.1 Å². The van der Waals surface area contributed by atoms with Crippen LogP contribution in [0.15, 0.2) is 110 Å². The molecule has 2 aromatic heterocycles. The average molecular weight is 647 g/mol. The fourth-order valence-corrected chi connectivity index (χ4v) is 6.05. The zero-order valence-corrected chi connectivity index (χ0v) is 24.3. The molecule has 0 spiro atoms. The Morgan fingerprint density at radius 3 is 1.98 bits per heavy atom. The van der Waals surface area contributed by atoms with Crippen molar-refractivity contribution in [2.24, 2.45) is 25.0 Å². The van der Waals surface area contributed by atoms with Gasteiger partial charge in [0.15, 0.2) is 0 Å². The number of hydrogen-bond donors (Lipinski definition) is 1. The monoisotopic (exact) mass is 645 g/mol. The first-order valence-electron chi connectivity index (χ1n) is 13.3. The number of aromatic nitrogens is 2. The number of halogens is 2. The topological polar surface area (TPSA) is 102 Å². The smallest absolute Gasteiger partial charge is 0.416 e. The van der Waals surface area contributed by atoms with Crippen LogP contribution in [-0.4, -0.2) is 17.5 Å². The van der Waals surface area contributed by atoms with E-state index in [1.165, 1.54) is 0 Å². The molecule has 0 aliphatic carbocycles. The maximum Gasteiger partial charge on any atom is 2.00 e. The molecule has 1 radical (unpaired) electrons. The maximum absolute atomic E-state index is 6.44. The third-order valence-corrected chi connectivity index (χ3v) is 8.12. The quantitative estimate of drug-likeness (QED) is 0.209. The summed E-state index contributed by atoms with van der Waals surface area (Å²) in [7, 11) is 0. The molecular formula is C32H16Cl2CuN8. The molecule has 43 heavy (non-hydrogen) atoms. The van der Waals surface area contributed by atoms with E-state index in [4.69, 9.17) is 58.1 Å². The standard InChI is InChI=1S/C32H16Cl2N8.Cu/c33-15-9-11-21-23(13-15)32-40-28-20-8-4-2-6-18(20)26(36-28)38-30-22-12-10-16(34)14-24(22)31(42-30)39-27-19-7-3-1-5-17(19)25(35-27)37-29(21)41-32;/h1-14,29,37H;/q-2;+2. The average Bonchev–Trinajstić information content (AvgIpc) is 3.72. The molecule has 9 rings (SSSR count). The van der Waals surface area contributed by atoms with Gasteiger partial charge in [0.2, 0.25) is 0 Å². The van der Waals surface area contributed by atoms with Gasteiger partial charge in [0, 0.05) is 49.3 Å². The summed E-state index contributed by atoms with van der Waals surface area (Å²) in [5.41, 5.74) is 4.40. The summed E-state index contributed by atoms with van der Waals surface area (Å²) >= 11 is 12.9. The largest absolute Gasteiger partial charge is 2.00 e. The zero-order valence-electron chi connectivity index (χ0n) is 21.8. The molecule has 209 valence electrons. The Balaban J connectivity index is 0.00000278. The molecule has 1 unspecified atom stereocenters. The second-order valence-corrected chi connectivity index (χ2v) is 11.0. The zero-order chi connectivity index (χ0) is 27.9. The number of benzene rings is 4. The van der Waals surface area contributed by atoms with Gasteiger partial charge in [-0.05, 0) is 51.4 Å². The van der Waals surface area contributed by atoms with E-state index in [1.54, 1.807) is 0 Å². The predicted octanol–water partition coefficient (Wildman–Crippen LogP) is 5.87. The minimum absolute atomic E-state index is 0. The van der Waals surface area contributed by atoms with Crippen molar-refractivity contribution in [1.29, 1.82) is 0 Å². The van der Waals surface area contributed by atoms with Gasteiger partial charge in [0.1, 0.15) is 6.17 Å². The van der Waals surface area contributed by atoms with Crippen LogP contribution in [0.25, 0.3) is 21.5 Å². The van der Waals surface area contributed by atoms with Gasteiger partial charge in [0.05, 0.1) is 17.5 Å². The van der Waals surface area contributed by atoms with Gasteiger partial charge in [0.25, 0.3) is 0 Å². The summed E-state index contributed by atoms with van der Waals surface area (Å²) in [6.07, 6.45) is -0.441. The normalized spacial score (nSPS) is 17.4. The second kappa shape index (κ2) is 9.76. The Labute approximate surface area is 264 Å². The number of amidine groups is 3. The molecule has 4 aromatic carbocycles. The van der Waals surface area contributed by atoms with Crippen molar-refractivity contribution in [2.45, 2.75) is 6.17 Å². The van der Waals surface area contributed by atoms with Gasteiger partial charge >= 0.3 is 17.1 Å². The van der Waals surface area contributed by atoms with Crippen molar-refractivity contribution >= 4 is 73.9 Å². The van der Waals surface area contributed by atoms with E-state index in [9.17, 15) is 0 Å². The Morgan fingerprint density at radius 2 is 1.21 bits per heavy atom. The number of fused-ring (bicyclic) bond motifs is 18. The Hall–Kier alpha value is -4.53. The van der Waals surface area contributed by atoms with Crippen molar-refractivity contribution in [3.05, 3.63) is 128 Å². The summed E-state index contributed by atoms with van der Waals surface area (Å²) in [4.78, 5) is 34.5. The van der Waals surface area contributed by atoms with Crippen LogP contribution in [-0.2, 0) is 17.1 Å². The van der Waals surface area contributed by atoms with Gasteiger partial charge in [-0.1, -0.05) is 83.9 Å². The van der Waals surface area contributed by atoms with Gasteiger partial charge in [-0.15, -0.1) is 0 Å². The third kappa shape index (κ3) is 4.08. The van der Waals surface area contributed by atoms with E-state index in [0.717, 1.165) is 43.8 Å².